The van der Waals surface area contributed by atoms with Crippen LogP contribution >= 0.6 is 11.8 Å². The summed E-state index contributed by atoms with van der Waals surface area (Å²) in [7, 11) is 0. The van der Waals surface area contributed by atoms with Gasteiger partial charge in [-0.3, -0.25) is 9.89 Å². The Kier molecular flexibility index (Phi) is 5.80. The molecule has 7 heteroatoms. The first-order valence-electron chi connectivity index (χ1n) is 7.99. The summed E-state index contributed by atoms with van der Waals surface area (Å²) in [6.45, 7) is 1.72. The minimum absolute atomic E-state index is 0.159. The minimum Gasteiger partial charge on any atom is -0.323 e. The zero-order chi connectivity index (χ0) is 18.4. The number of nitrogens with zero attached hydrogens (tertiary/aromatic N) is 2. The minimum atomic E-state index is -0.476. The number of hydrogen-bond acceptors (Lipinski definition) is 4. The highest BCUT2D eigenvalue weighted by molar-refractivity contribution is 8.00. The molecule has 0 spiro atoms. The van der Waals surface area contributed by atoms with E-state index in [1.807, 2.05) is 42.5 Å². The number of anilines is 1. The van der Waals surface area contributed by atoms with Crippen LogP contribution in [0, 0.1) is 5.82 Å². The number of aromatic nitrogens is 3. The van der Waals surface area contributed by atoms with Gasteiger partial charge in [0.15, 0.2) is 0 Å². The van der Waals surface area contributed by atoms with Gasteiger partial charge in [0.05, 0.1) is 10.9 Å². The van der Waals surface area contributed by atoms with Gasteiger partial charge in [0.1, 0.15) is 11.6 Å². The van der Waals surface area contributed by atoms with Crippen LogP contribution in [0.25, 0.3) is 12.2 Å². The van der Waals surface area contributed by atoms with Gasteiger partial charge in [0.25, 0.3) is 0 Å². The summed E-state index contributed by atoms with van der Waals surface area (Å²) in [6, 6.07) is 15.9. The van der Waals surface area contributed by atoms with E-state index >= 15 is 0 Å². The van der Waals surface area contributed by atoms with Gasteiger partial charge in [-0.2, -0.15) is 0 Å². The molecule has 132 valence electrons. The largest absolute Gasteiger partial charge is 0.323 e. The summed E-state index contributed by atoms with van der Waals surface area (Å²) < 4.78 is 13.6. The predicted octanol–water partition coefficient (Wildman–Crippen LogP) is 4.23. The third-order valence-corrected chi connectivity index (χ3v) is 4.46. The summed E-state index contributed by atoms with van der Waals surface area (Å²) in [4.78, 5) is 16.5. The first-order valence-corrected chi connectivity index (χ1v) is 8.87. The van der Waals surface area contributed by atoms with Crippen molar-refractivity contribution < 1.29 is 9.18 Å². The van der Waals surface area contributed by atoms with Gasteiger partial charge in [-0.25, -0.2) is 9.37 Å². The number of thioether (sulfide) groups is 1. The molecule has 5 nitrogen and oxygen atoms in total. The molecule has 0 aliphatic heterocycles. The summed E-state index contributed by atoms with van der Waals surface area (Å²) in [5.41, 5.74) is 1.21. The quantitative estimate of drug-likeness (QED) is 0.639. The van der Waals surface area contributed by atoms with Crippen LogP contribution in [0.3, 0.4) is 0 Å². The molecule has 0 aliphatic rings. The fourth-order valence-electron chi connectivity index (χ4n) is 2.13. The summed E-state index contributed by atoms with van der Waals surface area (Å²) >= 11 is 1.20. The van der Waals surface area contributed by atoms with Gasteiger partial charge >= 0.3 is 0 Å². The molecule has 3 aromatic rings. The SMILES string of the molecule is CC(Sc1n[nH]c(/C=C/c2ccccc2)n1)C(=O)Nc1ccccc1F. The molecule has 0 radical (unpaired) electrons. The lowest BCUT2D eigenvalue weighted by Crippen LogP contribution is -2.23. The molecule has 2 N–H and O–H groups in total. The average Bonchev–Trinajstić information content (AvgIpc) is 3.10. The second-order valence-electron chi connectivity index (χ2n) is 5.48. The average molecular weight is 368 g/mol. The normalized spacial score (nSPS) is 12.2. The molecular formula is C19H17FN4OS. The van der Waals surface area contributed by atoms with E-state index in [4.69, 9.17) is 0 Å². The summed E-state index contributed by atoms with van der Waals surface area (Å²) in [5.74, 6) is -0.186. The first-order chi connectivity index (χ1) is 12.6. The predicted molar refractivity (Wildman–Crippen MR) is 102 cm³/mol. The lowest BCUT2D eigenvalue weighted by Gasteiger charge is -2.10. The second kappa shape index (κ2) is 8.44. The molecule has 3 rings (SSSR count). The molecule has 26 heavy (non-hydrogen) atoms. The second-order valence-corrected chi connectivity index (χ2v) is 6.78. The third kappa shape index (κ3) is 4.80. The Balaban J connectivity index is 1.59. The van der Waals surface area contributed by atoms with E-state index in [0.29, 0.717) is 11.0 Å². The van der Waals surface area contributed by atoms with Crippen molar-refractivity contribution in [1.82, 2.24) is 15.2 Å². The fraction of sp³-hybridized carbons (Fsp3) is 0.105. The zero-order valence-electron chi connectivity index (χ0n) is 14.0. The monoisotopic (exact) mass is 368 g/mol. The van der Waals surface area contributed by atoms with E-state index < -0.39 is 11.1 Å². The van der Waals surface area contributed by atoms with Gasteiger partial charge in [0.2, 0.25) is 11.1 Å². The fourth-order valence-corrected chi connectivity index (χ4v) is 2.86. The van der Waals surface area contributed by atoms with E-state index in [0.717, 1.165) is 5.56 Å². The highest BCUT2D eigenvalue weighted by atomic mass is 32.2. The van der Waals surface area contributed by atoms with Crippen LogP contribution in [0.2, 0.25) is 0 Å². The van der Waals surface area contributed by atoms with Crippen LogP contribution in [0.15, 0.2) is 59.8 Å². The number of rotatable bonds is 6. The molecule has 1 atom stereocenters. The highest BCUT2D eigenvalue weighted by Crippen LogP contribution is 2.22. The van der Waals surface area contributed by atoms with Crippen molar-refractivity contribution in [3.8, 4) is 0 Å². The van der Waals surface area contributed by atoms with Crippen molar-refractivity contribution in [3.63, 3.8) is 0 Å². The van der Waals surface area contributed by atoms with Gasteiger partial charge in [0, 0.05) is 0 Å². The van der Waals surface area contributed by atoms with E-state index in [2.05, 4.69) is 20.5 Å². The molecule has 0 saturated heterocycles. The maximum Gasteiger partial charge on any atom is 0.237 e. The van der Waals surface area contributed by atoms with Crippen molar-refractivity contribution >= 4 is 35.5 Å². The number of amides is 1. The van der Waals surface area contributed by atoms with Gasteiger partial charge < -0.3 is 5.32 Å². The van der Waals surface area contributed by atoms with Crippen molar-refractivity contribution in [1.29, 1.82) is 0 Å². The molecule has 1 amide bonds. The molecule has 0 saturated carbocycles. The van der Waals surface area contributed by atoms with Gasteiger partial charge in [-0.1, -0.05) is 60.3 Å². The van der Waals surface area contributed by atoms with E-state index in [-0.39, 0.29) is 11.6 Å². The Hall–Kier alpha value is -2.93. The van der Waals surface area contributed by atoms with E-state index in [1.54, 1.807) is 19.1 Å². The van der Waals surface area contributed by atoms with Crippen molar-refractivity contribution in [2.75, 3.05) is 5.32 Å². The van der Waals surface area contributed by atoms with Crippen LogP contribution in [-0.4, -0.2) is 26.3 Å². The molecule has 1 aromatic heterocycles. The molecule has 2 aromatic carbocycles. The number of carbonyl (C=O) groups is 1. The Morgan fingerprint density at radius 2 is 1.88 bits per heavy atom. The topological polar surface area (TPSA) is 70.7 Å². The Morgan fingerprint density at radius 3 is 2.65 bits per heavy atom. The number of benzene rings is 2. The van der Waals surface area contributed by atoms with Crippen molar-refractivity contribution in [2.24, 2.45) is 0 Å². The molecule has 1 unspecified atom stereocenters. The van der Waals surface area contributed by atoms with Gasteiger partial charge in [-0.05, 0) is 30.7 Å². The van der Waals surface area contributed by atoms with Crippen LogP contribution in [0.5, 0.6) is 0 Å². The molecular weight excluding hydrogens is 351 g/mol. The van der Waals surface area contributed by atoms with Crippen LogP contribution in [-0.2, 0) is 4.79 Å². The number of carbonyl (C=O) groups excluding carboxylic acids is 1. The smallest absolute Gasteiger partial charge is 0.237 e. The number of halogens is 1. The number of H-pyrrole nitrogens is 1. The van der Waals surface area contributed by atoms with Crippen molar-refractivity contribution in [3.05, 3.63) is 71.8 Å². The summed E-state index contributed by atoms with van der Waals surface area (Å²) in [5, 5.41) is 9.46. The molecule has 1 heterocycles. The Labute approximate surface area is 154 Å². The number of nitrogens with one attached hydrogen (secondary N) is 2. The maximum atomic E-state index is 13.6. The molecule has 0 aliphatic carbocycles. The number of aromatic amines is 1. The van der Waals surface area contributed by atoms with Crippen LogP contribution in [0.1, 0.15) is 18.3 Å². The zero-order valence-corrected chi connectivity index (χ0v) is 14.8. The third-order valence-electron chi connectivity index (χ3n) is 3.50. The lowest BCUT2D eigenvalue weighted by molar-refractivity contribution is -0.115. The Bertz CT molecular complexity index is 911. The standard InChI is InChI=1S/C19H17FN4OS/c1-13(18(25)21-16-10-6-5-9-15(16)20)26-19-22-17(23-24-19)12-11-14-7-3-2-4-8-14/h2-13H,1H3,(H,21,25)(H,22,23,24)/b12-11+. The first kappa shape index (κ1) is 17.9. The Morgan fingerprint density at radius 1 is 1.15 bits per heavy atom. The maximum absolute atomic E-state index is 13.6. The van der Waals surface area contributed by atoms with E-state index in [1.165, 1.54) is 23.9 Å². The van der Waals surface area contributed by atoms with Crippen LogP contribution < -0.4 is 5.32 Å². The number of para-hydroxylation sites is 1. The summed E-state index contributed by atoms with van der Waals surface area (Å²) in [6.07, 6.45) is 3.74. The highest BCUT2D eigenvalue weighted by Gasteiger charge is 2.18. The molecule has 0 fully saturated rings. The van der Waals surface area contributed by atoms with Gasteiger partial charge in [-0.15, -0.1) is 5.10 Å². The van der Waals surface area contributed by atoms with Crippen LogP contribution in [0.4, 0.5) is 10.1 Å². The lowest BCUT2D eigenvalue weighted by atomic mass is 10.2. The van der Waals surface area contributed by atoms with E-state index in [9.17, 15) is 9.18 Å². The number of hydrogen-bond donors (Lipinski definition) is 2. The van der Waals surface area contributed by atoms with Crippen molar-refractivity contribution in [2.45, 2.75) is 17.3 Å². The molecule has 0 bridgehead atoms.